The van der Waals surface area contributed by atoms with Crippen LogP contribution in [0.4, 0.5) is 4.79 Å². The molecule has 0 saturated carbocycles. The van der Waals surface area contributed by atoms with Crippen molar-refractivity contribution >= 4 is 17.8 Å². The summed E-state index contributed by atoms with van der Waals surface area (Å²) >= 11 is 0. The maximum absolute atomic E-state index is 13.1. The average Bonchev–Trinajstić information content (AvgIpc) is 3.30. The van der Waals surface area contributed by atoms with Crippen molar-refractivity contribution in [3.05, 3.63) is 64.7 Å². The van der Waals surface area contributed by atoms with Crippen molar-refractivity contribution in [3.8, 4) is 5.75 Å². The molecule has 2 N–H and O–H groups in total. The van der Waals surface area contributed by atoms with E-state index in [4.69, 9.17) is 4.74 Å². The summed E-state index contributed by atoms with van der Waals surface area (Å²) in [6, 6.07) is 12.7. The maximum atomic E-state index is 13.1. The third kappa shape index (κ3) is 3.51. The molecule has 1 heterocycles. The van der Waals surface area contributed by atoms with E-state index in [-0.39, 0.29) is 13.1 Å². The second-order valence-electron chi connectivity index (χ2n) is 7.87. The molecule has 1 fully saturated rings. The number of carbonyl (C=O) groups excluding carboxylic acids is 3. The molecular formula is C23H25N3O4. The predicted molar refractivity (Wildman–Crippen MR) is 111 cm³/mol. The molecule has 0 radical (unpaired) electrons. The number of ether oxygens (including phenoxy) is 1. The third-order valence-electron chi connectivity index (χ3n) is 5.92. The number of nitrogens with zero attached hydrogens (tertiary/aromatic N) is 1. The van der Waals surface area contributed by atoms with Crippen LogP contribution < -0.4 is 15.4 Å². The Morgan fingerprint density at radius 3 is 2.73 bits per heavy atom. The second-order valence-corrected chi connectivity index (χ2v) is 7.87. The molecule has 156 valence electrons. The van der Waals surface area contributed by atoms with Crippen LogP contribution in [0.15, 0.2) is 42.5 Å². The number of carbonyl (C=O) groups is 3. The van der Waals surface area contributed by atoms with E-state index in [0.717, 1.165) is 35.3 Å². The van der Waals surface area contributed by atoms with Crippen molar-refractivity contribution in [2.75, 3.05) is 13.7 Å². The molecule has 0 spiro atoms. The van der Waals surface area contributed by atoms with Crippen molar-refractivity contribution < 1.29 is 19.1 Å². The zero-order chi connectivity index (χ0) is 21.3. The fraction of sp³-hybridized carbons (Fsp3) is 0.348. The largest absolute Gasteiger partial charge is 0.496 e. The molecule has 0 aromatic heterocycles. The Labute approximate surface area is 175 Å². The van der Waals surface area contributed by atoms with Gasteiger partial charge in [0, 0.05) is 12.1 Å². The van der Waals surface area contributed by atoms with Gasteiger partial charge < -0.3 is 15.4 Å². The Morgan fingerprint density at radius 1 is 1.17 bits per heavy atom. The van der Waals surface area contributed by atoms with Crippen molar-refractivity contribution in [2.24, 2.45) is 0 Å². The minimum atomic E-state index is -1.17. The second kappa shape index (κ2) is 7.82. The summed E-state index contributed by atoms with van der Waals surface area (Å²) in [4.78, 5) is 39.0. The molecule has 7 nitrogen and oxygen atoms in total. The monoisotopic (exact) mass is 407 g/mol. The number of fused-ring (bicyclic) bond motifs is 1. The first-order valence-corrected chi connectivity index (χ1v) is 10.1. The van der Waals surface area contributed by atoms with Gasteiger partial charge in [-0.2, -0.15) is 0 Å². The van der Waals surface area contributed by atoms with Crippen LogP contribution in [0.2, 0.25) is 0 Å². The van der Waals surface area contributed by atoms with E-state index in [0.29, 0.717) is 5.75 Å². The molecule has 0 bridgehead atoms. The van der Waals surface area contributed by atoms with Crippen molar-refractivity contribution in [1.82, 2.24) is 15.5 Å². The third-order valence-corrected chi connectivity index (χ3v) is 5.92. The molecular weight excluding hydrogens is 382 g/mol. The van der Waals surface area contributed by atoms with Crippen LogP contribution in [-0.2, 0) is 34.5 Å². The fourth-order valence-corrected chi connectivity index (χ4v) is 4.16. The highest BCUT2D eigenvalue weighted by Crippen LogP contribution is 2.32. The first-order chi connectivity index (χ1) is 14.4. The highest BCUT2D eigenvalue weighted by Gasteiger charge is 2.49. The van der Waals surface area contributed by atoms with Gasteiger partial charge in [0.1, 0.15) is 17.8 Å². The number of amides is 4. The average molecular weight is 407 g/mol. The maximum Gasteiger partial charge on any atom is 0.325 e. The molecule has 4 amide bonds. The highest BCUT2D eigenvalue weighted by atomic mass is 16.5. The van der Waals surface area contributed by atoms with E-state index in [1.165, 1.54) is 11.1 Å². The van der Waals surface area contributed by atoms with Gasteiger partial charge in [-0.05, 0) is 48.9 Å². The van der Waals surface area contributed by atoms with Crippen LogP contribution in [0.3, 0.4) is 0 Å². The molecule has 2 aromatic rings. The number of aryl methyl sites for hydroxylation is 2. The summed E-state index contributed by atoms with van der Waals surface area (Å²) in [7, 11) is 1.56. The lowest BCUT2D eigenvalue weighted by molar-refractivity contribution is -0.134. The van der Waals surface area contributed by atoms with E-state index < -0.39 is 23.4 Å². The van der Waals surface area contributed by atoms with Gasteiger partial charge in [-0.1, -0.05) is 36.4 Å². The van der Waals surface area contributed by atoms with Gasteiger partial charge in [-0.3, -0.25) is 14.5 Å². The van der Waals surface area contributed by atoms with Gasteiger partial charge in [0.05, 0.1) is 7.11 Å². The molecule has 1 aliphatic heterocycles. The first kappa shape index (κ1) is 19.9. The number of imide groups is 1. The lowest BCUT2D eigenvalue weighted by Gasteiger charge is -2.23. The summed E-state index contributed by atoms with van der Waals surface area (Å²) in [5.74, 6) is -0.169. The lowest BCUT2D eigenvalue weighted by Crippen LogP contribution is -2.43. The Kier molecular flexibility index (Phi) is 5.20. The van der Waals surface area contributed by atoms with Crippen LogP contribution >= 0.6 is 0 Å². The van der Waals surface area contributed by atoms with Crippen LogP contribution in [0.1, 0.15) is 35.6 Å². The lowest BCUT2D eigenvalue weighted by atomic mass is 9.89. The summed E-state index contributed by atoms with van der Waals surface area (Å²) in [6.45, 7) is 1.60. The van der Waals surface area contributed by atoms with Gasteiger partial charge in [-0.25, -0.2) is 4.79 Å². The van der Waals surface area contributed by atoms with E-state index in [9.17, 15) is 14.4 Å². The van der Waals surface area contributed by atoms with E-state index in [2.05, 4.69) is 10.6 Å². The van der Waals surface area contributed by atoms with Gasteiger partial charge in [0.15, 0.2) is 0 Å². The summed E-state index contributed by atoms with van der Waals surface area (Å²) in [5.41, 5.74) is 2.92. The number of hydrogen-bond donors (Lipinski definition) is 2. The van der Waals surface area contributed by atoms with Gasteiger partial charge in [0.2, 0.25) is 5.91 Å². The van der Waals surface area contributed by atoms with Gasteiger partial charge in [-0.15, -0.1) is 0 Å². The Bertz CT molecular complexity index is 1020. The zero-order valence-corrected chi connectivity index (χ0v) is 17.2. The number of nitrogens with one attached hydrogen (secondary N) is 2. The molecule has 30 heavy (non-hydrogen) atoms. The normalized spacial score (nSPS) is 20.1. The number of methoxy groups -OCH3 is 1. The summed E-state index contributed by atoms with van der Waals surface area (Å²) in [5, 5.41) is 5.52. The quantitative estimate of drug-likeness (QED) is 0.719. The topological polar surface area (TPSA) is 87.7 Å². The molecule has 1 saturated heterocycles. The fourth-order valence-electron chi connectivity index (χ4n) is 4.16. The van der Waals surface area contributed by atoms with Gasteiger partial charge in [0.25, 0.3) is 5.91 Å². The molecule has 2 aromatic carbocycles. The number of benzene rings is 2. The number of urea groups is 1. The van der Waals surface area contributed by atoms with Crippen LogP contribution in [0.25, 0.3) is 0 Å². The SMILES string of the molecule is COc1ccccc1CNC(=O)CN1C(=O)N[C@](C)(c2ccc3c(c2)CCC3)C1=O. The van der Waals surface area contributed by atoms with Crippen molar-refractivity contribution in [3.63, 3.8) is 0 Å². The molecule has 4 rings (SSSR count). The number of hydrogen-bond acceptors (Lipinski definition) is 4. The highest BCUT2D eigenvalue weighted by molar-refractivity contribution is 6.09. The Balaban J connectivity index is 1.44. The first-order valence-electron chi connectivity index (χ1n) is 10.1. The number of para-hydroxylation sites is 1. The smallest absolute Gasteiger partial charge is 0.325 e. The van der Waals surface area contributed by atoms with Crippen LogP contribution in [-0.4, -0.2) is 36.4 Å². The van der Waals surface area contributed by atoms with E-state index >= 15 is 0 Å². The van der Waals surface area contributed by atoms with Crippen LogP contribution in [0.5, 0.6) is 5.75 Å². The minimum Gasteiger partial charge on any atom is -0.496 e. The molecule has 1 atom stereocenters. The van der Waals surface area contributed by atoms with E-state index in [1.54, 1.807) is 20.1 Å². The molecule has 1 aliphatic carbocycles. The summed E-state index contributed by atoms with van der Waals surface area (Å²) in [6.07, 6.45) is 3.13. The summed E-state index contributed by atoms with van der Waals surface area (Å²) < 4.78 is 5.27. The van der Waals surface area contributed by atoms with E-state index in [1.807, 2.05) is 36.4 Å². The van der Waals surface area contributed by atoms with Gasteiger partial charge >= 0.3 is 6.03 Å². The number of rotatable bonds is 6. The Hall–Kier alpha value is -3.35. The molecule has 0 unspecified atom stereocenters. The standard InChI is InChI=1S/C23H25N3O4/c1-23(18-11-10-15-7-5-8-16(15)12-18)21(28)26(22(29)25-23)14-20(27)24-13-17-6-3-4-9-19(17)30-2/h3-4,6,9-12H,5,7-8,13-14H2,1-2H3,(H,24,27)(H,25,29)/t23-/m1/s1. The predicted octanol–water partition coefficient (Wildman–Crippen LogP) is 2.27. The Morgan fingerprint density at radius 2 is 1.93 bits per heavy atom. The van der Waals surface area contributed by atoms with Crippen LogP contribution in [0, 0.1) is 0 Å². The van der Waals surface area contributed by atoms with Crippen molar-refractivity contribution in [2.45, 2.75) is 38.3 Å². The zero-order valence-electron chi connectivity index (χ0n) is 17.2. The molecule has 7 heteroatoms. The molecule has 2 aliphatic rings. The van der Waals surface area contributed by atoms with Crippen molar-refractivity contribution in [1.29, 1.82) is 0 Å². The minimum absolute atomic E-state index is 0.245.